The first-order valence-electron chi connectivity index (χ1n) is 6.52. The van der Waals surface area contributed by atoms with Crippen LogP contribution in [0.1, 0.15) is 19.8 Å². The molecule has 2 aliphatic heterocycles. The summed E-state index contributed by atoms with van der Waals surface area (Å²) in [4.78, 5) is 0. The normalized spacial score (nSPS) is 40.9. The molecule has 0 aromatic heterocycles. The molecule has 0 spiro atoms. The summed E-state index contributed by atoms with van der Waals surface area (Å²) < 4.78 is 0. The van der Waals surface area contributed by atoms with E-state index in [-0.39, 0.29) is 5.54 Å². The van der Waals surface area contributed by atoms with Crippen LogP contribution in [0.4, 0.5) is 0 Å². The molecule has 3 atom stereocenters. The summed E-state index contributed by atoms with van der Waals surface area (Å²) in [6.45, 7) is 2.37. The molecule has 4 rings (SSSR count). The van der Waals surface area contributed by atoms with Crippen molar-refractivity contribution in [1.82, 2.24) is 5.32 Å². The number of piperidine rings is 1. The van der Waals surface area contributed by atoms with Crippen LogP contribution in [-0.2, 0) is 0 Å². The molecule has 3 unspecified atom stereocenters. The highest BCUT2D eigenvalue weighted by Gasteiger charge is 2.50. The molecule has 86 valence electrons. The molecule has 0 saturated carbocycles. The molecule has 1 N–H and O–H groups in total. The van der Waals surface area contributed by atoms with Gasteiger partial charge < -0.3 is 5.32 Å². The summed E-state index contributed by atoms with van der Waals surface area (Å²) in [6.07, 6.45) is 18.3. The zero-order valence-corrected chi connectivity index (χ0v) is 10.1. The van der Waals surface area contributed by atoms with Crippen LogP contribution in [-0.4, -0.2) is 5.54 Å². The van der Waals surface area contributed by atoms with Gasteiger partial charge in [-0.15, -0.1) is 0 Å². The van der Waals surface area contributed by atoms with Gasteiger partial charge in [0.1, 0.15) is 0 Å². The van der Waals surface area contributed by atoms with Gasteiger partial charge in [0.25, 0.3) is 0 Å². The summed E-state index contributed by atoms with van der Waals surface area (Å²) >= 11 is 0. The topological polar surface area (TPSA) is 12.0 Å². The zero-order chi connectivity index (χ0) is 11.5. The first kappa shape index (κ1) is 9.52. The molecule has 1 fully saturated rings. The number of hydrogen-bond acceptors (Lipinski definition) is 1. The van der Waals surface area contributed by atoms with Crippen LogP contribution in [0.5, 0.6) is 0 Å². The Morgan fingerprint density at radius 3 is 3.18 bits per heavy atom. The van der Waals surface area contributed by atoms with Crippen LogP contribution in [0.2, 0.25) is 0 Å². The van der Waals surface area contributed by atoms with Gasteiger partial charge in [0, 0.05) is 11.6 Å². The smallest absolute Gasteiger partial charge is 0.0664 e. The Balaban J connectivity index is 1.90. The van der Waals surface area contributed by atoms with Crippen molar-refractivity contribution in [1.29, 1.82) is 0 Å². The molecule has 1 saturated heterocycles. The molecular weight excluding hydrogens is 206 g/mol. The second kappa shape index (κ2) is 3.04. The Kier molecular flexibility index (Phi) is 1.70. The van der Waals surface area contributed by atoms with Gasteiger partial charge in [-0.05, 0) is 36.8 Å². The van der Waals surface area contributed by atoms with E-state index < -0.39 is 0 Å². The van der Waals surface area contributed by atoms with Gasteiger partial charge in [-0.1, -0.05) is 42.5 Å². The van der Waals surface area contributed by atoms with Gasteiger partial charge in [0.05, 0.1) is 5.54 Å². The molecule has 17 heavy (non-hydrogen) atoms. The quantitative estimate of drug-likeness (QED) is 0.664. The van der Waals surface area contributed by atoms with Crippen LogP contribution in [0.25, 0.3) is 0 Å². The van der Waals surface area contributed by atoms with Gasteiger partial charge in [-0.2, -0.15) is 0 Å². The van der Waals surface area contributed by atoms with E-state index in [4.69, 9.17) is 0 Å². The van der Waals surface area contributed by atoms with Crippen LogP contribution in [0.3, 0.4) is 0 Å². The Hall–Kier alpha value is -1.50. The van der Waals surface area contributed by atoms with Crippen molar-refractivity contribution in [2.45, 2.75) is 25.3 Å². The highest BCUT2D eigenvalue weighted by molar-refractivity contribution is 5.53. The van der Waals surface area contributed by atoms with E-state index >= 15 is 0 Å². The first-order valence-corrected chi connectivity index (χ1v) is 6.52. The lowest BCUT2D eigenvalue weighted by molar-refractivity contribution is 0.337. The van der Waals surface area contributed by atoms with Crippen molar-refractivity contribution in [3.63, 3.8) is 0 Å². The Morgan fingerprint density at radius 2 is 2.24 bits per heavy atom. The number of allylic oxidation sites excluding steroid dienone is 7. The van der Waals surface area contributed by atoms with E-state index in [1.54, 1.807) is 5.57 Å². The predicted octanol–water partition coefficient (Wildman–Crippen LogP) is 3.25. The first-order chi connectivity index (χ1) is 8.29. The van der Waals surface area contributed by atoms with Crippen molar-refractivity contribution in [2.75, 3.05) is 0 Å². The lowest BCUT2D eigenvalue weighted by Crippen LogP contribution is -2.49. The van der Waals surface area contributed by atoms with E-state index in [1.165, 1.54) is 24.1 Å². The lowest BCUT2D eigenvalue weighted by atomic mass is 9.70. The number of fused-ring (bicyclic) bond motifs is 6. The van der Waals surface area contributed by atoms with Crippen LogP contribution in [0.15, 0.2) is 59.4 Å². The van der Waals surface area contributed by atoms with E-state index in [0.29, 0.717) is 5.92 Å². The second-order valence-corrected chi connectivity index (χ2v) is 5.67. The van der Waals surface area contributed by atoms with Gasteiger partial charge >= 0.3 is 0 Å². The summed E-state index contributed by atoms with van der Waals surface area (Å²) in [7, 11) is 0. The van der Waals surface area contributed by atoms with Crippen LogP contribution < -0.4 is 5.32 Å². The molecule has 0 amide bonds. The third-order valence-corrected chi connectivity index (χ3v) is 4.73. The summed E-state index contributed by atoms with van der Waals surface area (Å²) in [6, 6.07) is 0. The average Bonchev–Trinajstić information content (AvgIpc) is 2.61. The molecule has 1 nitrogen and oxygen atoms in total. The van der Waals surface area contributed by atoms with Gasteiger partial charge in [-0.3, -0.25) is 0 Å². The average molecular weight is 223 g/mol. The largest absolute Gasteiger partial charge is 0.378 e. The minimum Gasteiger partial charge on any atom is -0.378 e. The van der Waals surface area contributed by atoms with E-state index in [9.17, 15) is 0 Å². The maximum atomic E-state index is 3.78. The second-order valence-electron chi connectivity index (χ2n) is 5.67. The highest BCUT2D eigenvalue weighted by atomic mass is 15.0. The van der Waals surface area contributed by atoms with Crippen LogP contribution >= 0.6 is 0 Å². The van der Waals surface area contributed by atoms with Crippen molar-refractivity contribution < 1.29 is 0 Å². The zero-order valence-electron chi connectivity index (χ0n) is 10.1. The summed E-state index contributed by atoms with van der Waals surface area (Å²) in [5.41, 5.74) is 4.73. The van der Waals surface area contributed by atoms with Crippen molar-refractivity contribution >= 4 is 0 Å². The molecule has 1 heteroatoms. The molecule has 4 aliphatic rings. The Labute approximate surface area is 102 Å². The fraction of sp³-hybridized carbons (Fsp3) is 0.375. The molecule has 0 aromatic rings. The summed E-state index contributed by atoms with van der Waals surface area (Å²) in [5, 5.41) is 3.78. The standard InChI is InChI=1S/C16H17N/c1-16-13-8-4-2-6-11(13)10-15(17-16)12-7-3-5-9-14(12)16/h2-5,7-9,11,14,17H,6,10H2,1H3. The maximum Gasteiger partial charge on any atom is 0.0664 e. The highest BCUT2D eigenvalue weighted by Crippen LogP contribution is 2.51. The molecule has 2 bridgehead atoms. The molecule has 2 aliphatic carbocycles. The van der Waals surface area contributed by atoms with Crippen molar-refractivity contribution in [3.8, 4) is 0 Å². The minimum atomic E-state index is 0.125. The SMILES string of the molecule is CC12NC(=C3C=CC=CC31)CC1CC=CC=C12. The van der Waals surface area contributed by atoms with E-state index in [0.717, 1.165) is 5.92 Å². The summed E-state index contributed by atoms with van der Waals surface area (Å²) in [5.74, 6) is 1.26. The van der Waals surface area contributed by atoms with Crippen molar-refractivity contribution in [2.24, 2.45) is 11.8 Å². The molecular formula is C16H17N. The molecule has 0 aromatic carbocycles. The fourth-order valence-corrected chi connectivity index (χ4v) is 3.93. The monoisotopic (exact) mass is 223 g/mol. The van der Waals surface area contributed by atoms with Gasteiger partial charge in [-0.25, -0.2) is 0 Å². The van der Waals surface area contributed by atoms with E-state index in [1.807, 2.05) is 0 Å². The fourth-order valence-electron chi connectivity index (χ4n) is 3.93. The van der Waals surface area contributed by atoms with Crippen LogP contribution in [0, 0.1) is 11.8 Å². The van der Waals surface area contributed by atoms with Gasteiger partial charge in [0.15, 0.2) is 0 Å². The third kappa shape index (κ3) is 1.09. The maximum absolute atomic E-state index is 3.78. The van der Waals surface area contributed by atoms with Crippen molar-refractivity contribution in [3.05, 3.63) is 59.4 Å². The number of rotatable bonds is 0. The van der Waals surface area contributed by atoms with Gasteiger partial charge in [0.2, 0.25) is 0 Å². The Morgan fingerprint density at radius 1 is 1.29 bits per heavy atom. The molecule has 2 heterocycles. The predicted molar refractivity (Wildman–Crippen MR) is 70.3 cm³/mol. The minimum absolute atomic E-state index is 0.125. The Bertz CT molecular complexity index is 530. The molecule has 0 radical (unpaired) electrons. The third-order valence-electron chi connectivity index (χ3n) is 4.73. The van der Waals surface area contributed by atoms with E-state index in [2.05, 4.69) is 54.8 Å². The number of hydrogen-bond donors (Lipinski definition) is 1. The lowest BCUT2D eigenvalue weighted by Gasteiger charge is -2.43. The number of nitrogens with one attached hydrogen (secondary N) is 1.